The normalized spacial score (nSPS) is 10.5. The van der Waals surface area contributed by atoms with Crippen LogP contribution < -0.4 is 0 Å². The highest BCUT2D eigenvalue weighted by Crippen LogP contribution is 2.15. The van der Waals surface area contributed by atoms with E-state index in [1.165, 1.54) is 4.88 Å². The molecule has 4 heteroatoms. The van der Waals surface area contributed by atoms with Crippen LogP contribution in [-0.4, -0.2) is 14.8 Å². The largest absolute Gasteiger partial charge is 0.227 e. The van der Waals surface area contributed by atoms with E-state index < -0.39 is 0 Å². The molecule has 0 radical (unpaired) electrons. The molecule has 0 N–H and O–H groups in total. The van der Waals surface area contributed by atoms with Crippen LogP contribution in [0.1, 0.15) is 10.6 Å². The van der Waals surface area contributed by atoms with Gasteiger partial charge in [-0.2, -0.15) is 5.10 Å². The molecule has 3 nitrogen and oxygen atoms in total. The Morgan fingerprint density at radius 2 is 2.25 bits per heavy atom. The van der Waals surface area contributed by atoms with E-state index in [4.69, 9.17) is 0 Å². The molecule has 0 atom stereocenters. The highest BCUT2D eigenvalue weighted by molar-refractivity contribution is 7.13. The van der Waals surface area contributed by atoms with Crippen molar-refractivity contribution < 1.29 is 0 Å². The molecule has 0 aliphatic heterocycles. The quantitative estimate of drug-likeness (QED) is 0.669. The van der Waals surface area contributed by atoms with Crippen LogP contribution >= 0.6 is 11.3 Å². The van der Waals surface area contributed by atoms with Crippen LogP contribution in [0.15, 0.2) is 18.5 Å². The van der Waals surface area contributed by atoms with Gasteiger partial charge < -0.3 is 0 Å². The topological polar surface area (TPSA) is 30.7 Å². The van der Waals surface area contributed by atoms with Gasteiger partial charge in [-0.15, -0.1) is 11.3 Å². The van der Waals surface area contributed by atoms with Crippen LogP contribution in [0.3, 0.4) is 0 Å². The number of aromatic nitrogens is 3. The Bertz CT molecular complexity index is 350. The van der Waals surface area contributed by atoms with Crippen molar-refractivity contribution in [3.8, 4) is 5.13 Å². The Balaban J connectivity index is 2.43. The minimum atomic E-state index is 0.931. The first-order chi connectivity index (χ1) is 5.75. The zero-order valence-electron chi connectivity index (χ0n) is 6.98. The number of rotatable bonds is 1. The SMILES string of the molecule is Cc1ccn(-c2ncc(C)s2)n1. The van der Waals surface area contributed by atoms with Crippen molar-refractivity contribution in [3.63, 3.8) is 0 Å². The summed E-state index contributed by atoms with van der Waals surface area (Å²) in [5.74, 6) is 0. The summed E-state index contributed by atoms with van der Waals surface area (Å²) in [4.78, 5) is 5.42. The molecule has 2 heterocycles. The van der Waals surface area contributed by atoms with E-state index in [1.54, 1.807) is 16.0 Å². The molecule has 0 aromatic carbocycles. The lowest BCUT2D eigenvalue weighted by molar-refractivity contribution is 0.853. The van der Waals surface area contributed by atoms with E-state index in [0.29, 0.717) is 0 Å². The molecule has 0 unspecified atom stereocenters. The molecule has 2 aromatic rings. The maximum Gasteiger partial charge on any atom is 0.210 e. The summed E-state index contributed by atoms with van der Waals surface area (Å²) >= 11 is 1.64. The van der Waals surface area contributed by atoms with Gasteiger partial charge in [-0.25, -0.2) is 9.67 Å². The Morgan fingerprint density at radius 1 is 1.42 bits per heavy atom. The first kappa shape index (κ1) is 7.49. The van der Waals surface area contributed by atoms with E-state index in [1.807, 2.05) is 32.3 Å². The second-order valence-electron chi connectivity index (χ2n) is 2.66. The second-order valence-corrected chi connectivity index (χ2v) is 3.87. The molecular formula is C8H9N3S. The second kappa shape index (κ2) is 2.71. The van der Waals surface area contributed by atoms with Crippen LogP contribution in [0.4, 0.5) is 0 Å². The zero-order valence-corrected chi connectivity index (χ0v) is 7.80. The van der Waals surface area contributed by atoms with Crippen LogP contribution in [0.2, 0.25) is 0 Å². The summed E-state index contributed by atoms with van der Waals surface area (Å²) in [5.41, 5.74) is 1.02. The van der Waals surface area contributed by atoms with E-state index in [2.05, 4.69) is 10.1 Å². The van der Waals surface area contributed by atoms with Gasteiger partial charge in [0.2, 0.25) is 5.13 Å². The van der Waals surface area contributed by atoms with Gasteiger partial charge >= 0.3 is 0 Å². The summed E-state index contributed by atoms with van der Waals surface area (Å²) in [6.45, 7) is 4.01. The lowest BCUT2D eigenvalue weighted by atomic mass is 10.5. The summed E-state index contributed by atoms with van der Waals surface area (Å²) in [6, 6.07) is 1.97. The van der Waals surface area contributed by atoms with E-state index >= 15 is 0 Å². The lowest BCUT2D eigenvalue weighted by Crippen LogP contribution is -1.92. The number of hydrogen-bond donors (Lipinski definition) is 0. The summed E-state index contributed by atoms with van der Waals surface area (Å²) < 4.78 is 1.80. The summed E-state index contributed by atoms with van der Waals surface area (Å²) in [5, 5.41) is 5.19. The third kappa shape index (κ3) is 1.25. The first-order valence-electron chi connectivity index (χ1n) is 3.71. The molecular weight excluding hydrogens is 170 g/mol. The van der Waals surface area contributed by atoms with Crippen molar-refractivity contribution in [2.24, 2.45) is 0 Å². The smallest absolute Gasteiger partial charge is 0.210 e. The standard InChI is InChI=1S/C8H9N3S/c1-6-3-4-11(10-6)8-9-5-7(2)12-8/h3-5H,1-2H3. The van der Waals surface area contributed by atoms with Gasteiger partial charge in [0.15, 0.2) is 0 Å². The van der Waals surface area contributed by atoms with E-state index in [-0.39, 0.29) is 0 Å². The Morgan fingerprint density at radius 3 is 2.75 bits per heavy atom. The summed E-state index contributed by atoms with van der Waals surface area (Å²) in [7, 11) is 0. The van der Waals surface area contributed by atoms with E-state index in [9.17, 15) is 0 Å². The van der Waals surface area contributed by atoms with Crippen LogP contribution in [0.25, 0.3) is 5.13 Å². The molecule has 0 fully saturated rings. The van der Waals surface area contributed by atoms with Crippen LogP contribution in [0, 0.1) is 13.8 Å². The third-order valence-corrected chi connectivity index (χ3v) is 2.43. The molecule has 12 heavy (non-hydrogen) atoms. The monoisotopic (exact) mass is 179 g/mol. The molecule has 62 valence electrons. The molecule has 0 aliphatic carbocycles. The number of nitrogens with zero attached hydrogens (tertiary/aromatic N) is 3. The maximum absolute atomic E-state index is 4.26. The molecule has 2 aromatic heterocycles. The number of thiazole rings is 1. The average molecular weight is 179 g/mol. The maximum atomic E-state index is 4.26. The molecule has 0 bridgehead atoms. The molecule has 0 spiro atoms. The Kier molecular flexibility index (Phi) is 1.69. The fraction of sp³-hybridized carbons (Fsp3) is 0.250. The Labute approximate surface area is 74.7 Å². The molecule has 0 aliphatic rings. The predicted molar refractivity (Wildman–Crippen MR) is 48.7 cm³/mol. The van der Waals surface area contributed by atoms with E-state index in [0.717, 1.165) is 10.8 Å². The van der Waals surface area contributed by atoms with Crippen molar-refractivity contribution in [2.75, 3.05) is 0 Å². The van der Waals surface area contributed by atoms with Gasteiger partial charge in [0.05, 0.1) is 5.69 Å². The van der Waals surface area contributed by atoms with Crippen molar-refractivity contribution in [3.05, 3.63) is 29.0 Å². The minimum absolute atomic E-state index is 0.931. The number of aryl methyl sites for hydroxylation is 2. The van der Waals surface area contributed by atoms with Gasteiger partial charge in [0.25, 0.3) is 0 Å². The third-order valence-electron chi connectivity index (χ3n) is 1.53. The average Bonchev–Trinajstić information content (AvgIpc) is 2.58. The van der Waals surface area contributed by atoms with Gasteiger partial charge in [-0.3, -0.25) is 0 Å². The highest BCUT2D eigenvalue weighted by atomic mass is 32.1. The molecule has 0 saturated carbocycles. The Hall–Kier alpha value is -1.16. The fourth-order valence-electron chi connectivity index (χ4n) is 0.970. The van der Waals surface area contributed by atoms with Crippen molar-refractivity contribution in [1.82, 2.24) is 14.8 Å². The first-order valence-corrected chi connectivity index (χ1v) is 4.52. The van der Waals surface area contributed by atoms with Crippen molar-refractivity contribution in [1.29, 1.82) is 0 Å². The fourth-order valence-corrected chi connectivity index (χ4v) is 1.66. The minimum Gasteiger partial charge on any atom is -0.227 e. The molecule has 0 saturated heterocycles. The molecule has 2 rings (SSSR count). The van der Waals surface area contributed by atoms with Crippen molar-refractivity contribution >= 4 is 11.3 Å². The highest BCUT2D eigenvalue weighted by Gasteiger charge is 2.01. The van der Waals surface area contributed by atoms with Gasteiger partial charge in [-0.05, 0) is 19.9 Å². The lowest BCUT2D eigenvalue weighted by Gasteiger charge is -1.91. The predicted octanol–water partition coefficient (Wildman–Crippen LogP) is 1.95. The van der Waals surface area contributed by atoms with Crippen molar-refractivity contribution in [2.45, 2.75) is 13.8 Å². The number of hydrogen-bond acceptors (Lipinski definition) is 3. The van der Waals surface area contributed by atoms with Gasteiger partial charge in [0, 0.05) is 17.3 Å². The van der Waals surface area contributed by atoms with Crippen LogP contribution in [0.5, 0.6) is 0 Å². The van der Waals surface area contributed by atoms with Gasteiger partial charge in [0.1, 0.15) is 0 Å². The molecule has 0 amide bonds. The summed E-state index contributed by atoms with van der Waals surface area (Å²) in [6.07, 6.45) is 3.78. The zero-order chi connectivity index (χ0) is 8.55. The van der Waals surface area contributed by atoms with Gasteiger partial charge in [-0.1, -0.05) is 0 Å². The van der Waals surface area contributed by atoms with Crippen LogP contribution in [-0.2, 0) is 0 Å².